The van der Waals surface area contributed by atoms with Gasteiger partial charge in [-0.1, -0.05) is 12.1 Å². The third-order valence-electron chi connectivity index (χ3n) is 7.03. The topological polar surface area (TPSA) is 75.4 Å². The Hall–Kier alpha value is -3.05. The van der Waals surface area contributed by atoms with E-state index in [-0.39, 0.29) is 55.6 Å². The largest absolute Gasteiger partial charge is 0.481 e. The van der Waals surface area contributed by atoms with Crippen LogP contribution in [0.3, 0.4) is 0 Å². The second-order valence-corrected chi connectivity index (χ2v) is 9.45. The number of hydrogen-bond donors (Lipinski definition) is 1. The van der Waals surface area contributed by atoms with E-state index in [1.165, 1.54) is 17.0 Å². The zero-order valence-corrected chi connectivity index (χ0v) is 19.2. The lowest BCUT2D eigenvalue weighted by Gasteiger charge is -2.31. The number of amides is 1. The van der Waals surface area contributed by atoms with Crippen molar-refractivity contribution in [3.63, 3.8) is 0 Å². The van der Waals surface area contributed by atoms with Gasteiger partial charge >= 0.3 is 18.3 Å². The number of carboxylic acids is 1. The fraction of sp³-hybridized carbons (Fsp3) is 0.542. The number of nitrogens with zero attached hydrogens (tertiary/aromatic N) is 3. The monoisotopic (exact) mass is 517 g/mol. The van der Waals surface area contributed by atoms with Crippen LogP contribution in [0.4, 0.5) is 26.3 Å². The Labute approximate surface area is 202 Å². The van der Waals surface area contributed by atoms with Crippen LogP contribution in [0.1, 0.15) is 60.2 Å². The van der Waals surface area contributed by atoms with Gasteiger partial charge in [-0.25, -0.2) is 0 Å². The molecule has 1 aliphatic carbocycles. The molecule has 6 nitrogen and oxygen atoms in total. The minimum absolute atomic E-state index is 0.000396. The van der Waals surface area contributed by atoms with E-state index in [1.807, 2.05) is 0 Å². The van der Waals surface area contributed by atoms with Gasteiger partial charge in [-0.2, -0.15) is 31.4 Å². The van der Waals surface area contributed by atoms with Gasteiger partial charge < -0.3 is 10.0 Å². The van der Waals surface area contributed by atoms with Crippen LogP contribution in [-0.2, 0) is 41.5 Å². The van der Waals surface area contributed by atoms with Gasteiger partial charge in [-0.3, -0.25) is 14.3 Å². The minimum atomic E-state index is -4.70. The predicted octanol–water partition coefficient (Wildman–Crippen LogP) is 5.13. The van der Waals surface area contributed by atoms with E-state index in [1.54, 1.807) is 0 Å². The van der Waals surface area contributed by atoms with Crippen LogP contribution < -0.4 is 0 Å². The molecule has 196 valence electrons. The van der Waals surface area contributed by atoms with Gasteiger partial charge in [0.15, 0.2) is 5.69 Å². The summed E-state index contributed by atoms with van der Waals surface area (Å²) in [6, 6.07) is 4.13. The summed E-state index contributed by atoms with van der Waals surface area (Å²) in [6.45, 7) is -0.147. The van der Waals surface area contributed by atoms with Crippen molar-refractivity contribution >= 4 is 11.9 Å². The zero-order chi connectivity index (χ0) is 26.3. The van der Waals surface area contributed by atoms with Crippen LogP contribution in [0, 0.1) is 11.8 Å². The fourth-order valence-electron chi connectivity index (χ4n) is 5.01. The van der Waals surface area contributed by atoms with Gasteiger partial charge in [-0.05, 0) is 55.7 Å². The van der Waals surface area contributed by atoms with E-state index in [0.717, 1.165) is 16.8 Å². The van der Waals surface area contributed by atoms with Crippen molar-refractivity contribution in [1.82, 2.24) is 14.7 Å². The molecule has 1 aromatic heterocycles. The van der Waals surface area contributed by atoms with Crippen LogP contribution in [0.25, 0.3) is 0 Å². The van der Waals surface area contributed by atoms with E-state index in [9.17, 15) is 35.9 Å². The molecule has 0 spiro atoms. The first kappa shape index (κ1) is 26.0. The normalized spacial score (nSPS) is 20.8. The summed E-state index contributed by atoms with van der Waals surface area (Å²) < 4.78 is 80.6. The number of carboxylic acid groups (broad SMARTS) is 1. The van der Waals surface area contributed by atoms with Crippen molar-refractivity contribution in [2.24, 2.45) is 11.8 Å². The second-order valence-electron chi connectivity index (χ2n) is 9.45. The SMILES string of the molecule is O=C(O)C1CCC(CC(=O)N2CCc3c(C(F)(F)F)nn(Cc4ccc(C(F)(F)F)cc4)c3C2)CC1. The summed E-state index contributed by atoms with van der Waals surface area (Å²) in [5.74, 6) is -1.44. The van der Waals surface area contributed by atoms with E-state index in [4.69, 9.17) is 5.11 Å². The first-order valence-electron chi connectivity index (χ1n) is 11.7. The molecule has 2 heterocycles. The van der Waals surface area contributed by atoms with Gasteiger partial charge in [0.25, 0.3) is 0 Å². The molecule has 1 saturated carbocycles. The molecule has 0 radical (unpaired) electrons. The van der Waals surface area contributed by atoms with Gasteiger partial charge in [0.05, 0.1) is 30.3 Å². The molecule has 0 saturated heterocycles. The lowest BCUT2D eigenvalue weighted by Crippen LogP contribution is -2.38. The number of halogens is 6. The molecular weight excluding hydrogens is 492 g/mol. The third-order valence-corrected chi connectivity index (χ3v) is 7.03. The molecule has 0 unspecified atom stereocenters. The Kier molecular flexibility index (Phi) is 7.07. The summed E-state index contributed by atoms with van der Waals surface area (Å²) in [7, 11) is 0. The highest BCUT2D eigenvalue weighted by Crippen LogP contribution is 2.37. The first-order valence-corrected chi connectivity index (χ1v) is 11.7. The Morgan fingerprint density at radius 3 is 2.17 bits per heavy atom. The molecule has 1 N–H and O–H groups in total. The maximum absolute atomic E-state index is 13.6. The van der Waals surface area contributed by atoms with Crippen molar-refractivity contribution < 1.29 is 41.0 Å². The Morgan fingerprint density at radius 2 is 1.61 bits per heavy atom. The molecule has 1 fully saturated rings. The van der Waals surface area contributed by atoms with Crippen molar-refractivity contribution in [3.05, 3.63) is 52.3 Å². The standard InChI is InChI=1S/C24H25F6N3O3/c25-23(26,27)17-7-3-15(4-8-17)12-33-19-13-32(10-9-18(19)21(31-33)24(28,29)30)20(34)11-14-1-5-16(6-2-14)22(35)36/h3-4,7-8,14,16H,1-2,5-6,9-13H2,(H,35,36). The molecule has 1 amide bonds. The number of aromatic nitrogens is 2. The average molecular weight is 517 g/mol. The molecule has 1 aromatic carbocycles. The highest BCUT2D eigenvalue weighted by Gasteiger charge is 2.41. The summed E-state index contributed by atoms with van der Waals surface area (Å²) in [6.07, 6.45) is -6.88. The number of fused-ring (bicyclic) bond motifs is 1. The Morgan fingerprint density at radius 1 is 0.972 bits per heavy atom. The quantitative estimate of drug-likeness (QED) is 0.558. The molecule has 0 atom stereocenters. The summed E-state index contributed by atoms with van der Waals surface area (Å²) >= 11 is 0. The minimum Gasteiger partial charge on any atom is -0.481 e. The fourth-order valence-corrected chi connectivity index (χ4v) is 5.01. The van der Waals surface area contributed by atoms with Crippen molar-refractivity contribution in [3.8, 4) is 0 Å². The van der Waals surface area contributed by atoms with Gasteiger partial charge in [-0.15, -0.1) is 0 Å². The summed E-state index contributed by atoms with van der Waals surface area (Å²) in [5.41, 5.74) is -1.33. The highest BCUT2D eigenvalue weighted by molar-refractivity contribution is 5.77. The molecular formula is C24H25F6N3O3. The van der Waals surface area contributed by atoms with Crippen LogP contribution in [0.2, 0.25) is 0 Å². The highest BCUT2D eigenvalue weighted by atomic mass is 19.4. The molecule has 36 heavy (non-hydrogen) atoms. The number of rotatable bonds is 5. The first-order chi connectivity index (χ1) is 16.8. The van der Waals surface area contributed by atoms with E-state index >= 15 is 0 Å². The van der Waals surface area contributed by atoms with Crippen LogP contribution in [0.15, 0.2) is 24.3 Å². The second kappa shape index (κ2) is 9.78. The maximum atomic E-state index is 13.6. The van der Waals surface area contributed by atoms with Crippen LogP contribution in [0.5, 0.6) is 0 Å². The molecule has 4 rings (SSSR count). The molecule has 0 bridgehead atoms. The van der Waals surface area contributed by atoms with E-state index in [2.05, 4.69) is 5.10 Å². The average Bonchev–Trinajstić information content (AvgIpc) is 3.17. The molecule has 2 aromatic rings. The van der Waals surface area contributed by atoms with Crippen molar-refractivity contribution in [1.29, 1.82) is 0 Å². The predicted molar refractivity (Wildman–Crippen MR) is 115 cm³/mol. The van der Waals surface area contributed by atoms with Crippen LogP contribution >= 0.6 is 0 Å². The lowest BCUT2D eigenvalue weighted by atomic mass is 9.80. The van der Waals surface area contributed by atoms with Crippen molar-refractivity contribution in [2.75, 3.05) is 6.54 Å². The van der Waals surface area contributed by atoms with E-state index < -0.39 is 35.5 Å². The van der Waals surface area contributed by atoms with Gasteiger partial charge in [0.1, 0.15) is 0 Å². The lowest BCUT2D eigenvalue weighted by molar-refractivity contribution is -0.143. The Balaban J connectivity index is 1.50. The summed E-state index contributed by atoms with van der Waals surface area (Å²) in [5, 5.41) is 12.9. The smallest absolute Gasteiger partial charge is 0.435 e. The zero-order valence-electron chi connectivity index (χ0n) is 19.2. The molecule has 12 heteroatoms. The number of carbonyl (C=O) groups is 2. The summed E-state index contributed by atoms with van der Waals surface area (Å²) in [4.78, 5) is 25.6. The Bertz CT molecular complexity index is 1120. The molecule has 2 aliphatic rings. The maximum Gasteiger partial charge on any atom is 0.435 e. The number of hydrogen-bond acceptors (Lipinski definition) is 3. The van der Waals surface area contributed by atoms with Gasteiger partial charge in [0.2, 0.25) is 5.91 Å². The van der Waals surface area contributed by atoms with Gasteiger partial charge in [0, 0.05) is 18.5 Å². The molecule has 1 aliphatic heterocycles. The van der Waals surface area contributed by atoms with Crippen LogP contribution in [-0.4, -0.2) is 38.2 Å². The number of benzene rings is 1. The van der Waals surface area contributed by atoms with Crippen molar-refractivity contribution in [2.45, 2.75) is 64.0 Å². The number of aliphatic carboxylic acids is 1. The third kappa shape index (κ3) is 5.67. The number of alkyl halides is 6. The van der Waals surface area contributed by atoms with E-state index in [0.29, 0.717) is 31.2 Å². The number of carbonyl (C=O) groups excluding carboxylic acids is 1.